The van der Waals surface area contributed by atoms with Gasteiger partial charge in [-0.3, -0.25) is 4.79 Å². The molecule has 1 aromatic rings. The third-order valence-electron chi connectivity index (χ3n) is 4.29. The van der Waals surface area contributed by atoms with Gasteiger partial charge in [0.25, 0.3) is 0 Å². The van der Waals surface area contributed by atoms with Gasteiger partial charge in [0.1, 0.15) is 11.1 Å². The molecule has 2 atom stereocenters. The number of benzene rings is 1. The molecule has 4 nitrogen and oxygen atoms in total. The van der Waals surface area contributed by atoms with Crippen LogP contribution < -0.4 is 9.47 Å². The van der Waals surface area contributed by atoms with E-state index in [1.165, 1.54) is 6.07 Å². The zero-order valence-electron chi connectivity index (χ0n) is 14.2. The Morgan fingerprint density at radius 2 is 1.74 bits per heavy atom. The first-order valence-corrected chi connectivity index (χ1v) is 8.50. The number of hydrogen-bond donors (Lipinski definition) is 0. The highest BCUT2D eigenvalue weighted by molar-refractivity contribution is 6.55. The summed E-state index contributed by atoms with van der Waals surface area (Å²) in [5.41, 5.74) is -0.119. The summed E-state index contributed by atoms with van der Waals surface area (Å²) in [7, 11) is 0. The maximum Gasteiger partial charge on any atom is 0.387 e. The second-order valence-electron chi connectivity index (χ2n) is 6.43. The summed E-state index contributed by atoms with van der Waals surface area (Å²) in [4.78, 5) is 12.2. The molecule has 0 N–H and O–H groups in total. The number of esters is 1. The van der Waals surface area contributed by atoms with E-state index >= 15 is 0 Å². The fourth-order valence-electron chi connectivity index (χ4n) is 2.84. The second-order valence-corrected chi connectivity index (χ2v) is 7.43. The molecule has 0 aromatic heterocycles. The summed E-state index contributed by atoms with van der Waals surface area (Å²) < 4.78 is 63.1. The van der Waals surface area contributed by atoms with Gasteiger partial charge in [-0.05, 0) is 35.1 Å². The van der Waals surface area contributed by atoms with Crippen molar-refractivity contribution in [2.75, 3.05) is 0 Å². The molecule has 2 unspecified atom stereocenters. The zero-order valence-corrected chi connectivity index (χ0v) is 15.7. The average Bonchev–Trinajstić information content (AvgIpc) is 3.06. The molecule has 1 aromatic carbocycles. The molecule has 0 spiro atoms. The maximum atomic E-state index is 12.5. The zero-order chi connectivity index (χ0) is 20.4. The van der Waals surface area contributed by atoms with Crippen LogP contribution in [0.5, 0.6) is 11.5 Å². The van der Waals surface area contributed by atoms with Crippen LogP contribution in [0, 0.1) is 17.3 Å². The van der Waals surface area contributed by atoms with Gasteiger partial charge >= 0.3 is 19.2 Å². The van der Waals surface area contributed by atoms with Gasteiger partial charge < -0.3 is 14.2 Å². The van der Waals surface area contributed by atoms with Crippen molar-refractivity contribution in [1.82, 2.24) is 0 Å². The van der Waals surface area contributed by atoms with E-state index in [9.17, 15) is 22.4 Å². The van der Waals surface area contributed by atoms with Crippen LogP contribution in [-0.4, -0.2) is 19.2 Å². The molecule has 1 aliphatic carbocycles. The monoisotopic (exact) mass is 430 g/mol. The number of carbonyl (C=O) groups is 1. The highest BCUT2D eigenvalue weighted by Crippen LogP contribution is 2.60. The van der Waals surface area contributed by atoms with E-state index in [0.29, 0.717) is 0 Å². The number of ether oxygens (including phenoxy) is 3. The second kappa shape index (κ2) is 8.56. The lowest BCUT2D eigenvalue weighted by Crippen LogP contribution is -2.11. The fourth-order valence-corrected chi connectivity index (χ4v) is 3.11. The number of hydrogen-bond acceptors (Lipinski definition) is 4. The van der Waals surface area contributed by atoms with E-state index < -0.39 is 36.6 Å². The van der Waals surface area contributed by atoms with Crippen molar-refractivity contribution in [3.8, 4) is 11.5 Å². The van der Waals surface area contributed by atoms with Crippen LogP contribution in [0.25, 0.3) is 0 Å². The Kier molecular flexibility index (Phi) is 6.86. The Morgan fingerprint density at radius 3 is 2.30 bits per heavy atom. The molecule has 150 valence electrons. The lowest BCUT2D eigenvalue weighted by molar-refractivity contribution is -0.147. The number of halogens is 6. The molecule has 0 amide bonds. The minimum Gasteiger partial charge on any atom is -0.461 e. The van der Waals surface area contributed by atoms with Gasteiger partial charge in [0.15, 0.2) is 11.5 Å². The summed E-state index contributed by atoms with van der Waals surface area (Å²) in [5.74, 6) is -2.29. The predicted molar refractivity (Wildman–Crippen MR) is 90.1 cm³/mol. The van der Waals surface area contributed by atoms with Gasteiger partial charge in [0.2, 0.25) is 0 Å². The van der Waals surface area contributed by atoms with Crippen molar-refractivity contribution in [1.29, 1.82) is 0 Å². The van der Waals surface area contributed by atoms with E-state index in [1.54, 1.807) is 6.08 Å². The van der Waals surface area contributed by atoms with Crippen molar-refractivity contribution in [3.05, 3.63) is 34.3 Å². The van der Waals surface area contributed by atoms with Crippen LogP contribution in [0.3, 0.4) is 0 Å². The number of rotatable bonds is 8. The van der Waals surface area contributed by atoms with Crippen LogP contribution in [0.4, 0.5) is 17.6 Å². The lowest BCUT2D eigenvalue weighted by Gasteiger charge is -2.13. The highest BCUT2D eigenvalue weighted by atomic mass is 35.5. The fraction of sp³-hybridized carbons (Fsp3) is 0.471. The van der Waals surface area contributed by atoms with Gasteiger partial charge in [0.05, 0.1) is 5.92 Å². The van der Waals surface area contributed by atoms with Gasteiger partial charge in [-0.25, -0.2) is 0 Å². The molecule has 1 fully saturated rings. The third-order valence-corrected chi connectivity index (χ3v) is 4.54. The van der Waals surface area contributed by atoms with Crippen LogP contribution in [0.2, 0.25) is 0 Å². The van der Waals surface area contributed by atoms with E-state index in [4.69, 9.17) is 27.9 Å². The first-order chi connectivity index (χ1) is 12.5. The Bertz CT molecular complexity index is 721. The summed E-state index contributed by atoms with van der Waals surface area (Å²) in [5, 5.41) is 0. The summed E-state index contributed by atoms with van der Waals surface area (Å²) in [6.45, 7) is -3.00. The quantitative estimate of drug-likeness (QED) is 0.402. The van der Waals surface area contributed by atoms with Crippen molar-refractivity contribution in [2.24, 2.45) is 17.3 Å². The average molecular weight is 431 g/mol. The lowest BCUT2D eigenvalue weighted by atomic mass is 10.1. The van der Waals surface area contributed by atoms with Crippen LogP contribution in [0.15, 0.2) is 28.8 Å². The molecule has 0 radical (unpaired) electrons. The van der Waals surface area contributed by atoms with Gasteiger partial charge in [-0.1, -0.05) is 43.1 Å². The standard InChI is InChI=1S/C17H16Cl2F4O4/c1-17(2)9(6-12(18)19)13(17)14(24)25-7-8-3-4-10(26-15(20)21)11(5-8)27-16(22)23/h3-6,9,13,15-16H,7H2,1-2H3. The smallest absolute Gasteiger partial charge is 0.387 e. The number of alkyl halides is 4. The van der Waals surface area contributed by atoms with Crippen molar-refractivity contribution in [2.45, 2.75) is 33.7 Å². The molecule has 27 heavy (non-hydrogen) atoms. The van der Waals surface area contributed by atoms with E-state index in [2.05, 4.69) is 9.47 Å². The first-order valence-electron chi connectivity index (χ1n) is 7.74. The molecular weight excluding hydrogens is 415 g/mol. The molecule has 0 bridgehead atoms. The Hall–Kier alpha value is -1.67. The molecule has 0 aliphatic heterocycles. The Labute approximate surface area is 163 Å². The van der Waals surface area contributed by atoms with Crippen molar-refractivity contribution in [3.63, 3.8) is 0 Å². The van der Waals surface area contributed by atoms with Gasteiger partial charge in [-0.15, -0.1) is 0 Å². The highest BCUT2D eigenvalue weighted by Gasteiger charge is 2.61. The molecular formula is C17H16Cl2F4O4. The van der Waals surface area contributed by atoms with Gasteiger partial charge in [-0.2, -0.15) is 17.6 Å². The molecule has 1 aliphatic rings. The SMILES string of the molecule is CC1(C)C(C=C(Cl)Cl)C1C(=O)OCc1ccc(OC(F)F)c(OC(F)F)c1. The summed E-state index contributed by atoms with van der Waals surface area (Å²) in [6, 6.07) is 3.38. The Morgan fingerprint density at radius 1 is 1.15 bits per heavy atom. The van der Waals surface area contributed by atoms with Crippen molar-refractivity contribution >= 4 is 29.2 Å². The molecule has 1 saturated carbocycles. The van der Waals surface area contributed by atoms with Crippen LogP contribution in [-0.2, 0) is 16.1 Å². The van der Waals surface area contributed by atoms with E-state index in [-0.39, 0.29) is 28.0 Å². The number of allylic oxidation sites excluding steroid dienone is 1. The van der Waals surface area contributed by atoms with Crippen LogP contribution in [0.1, 0.15) is 19.4 Å². The van der Waals surface area contributed by atoms with Crippen molar-refractivity contribution < 1.29 is 36.6 Å². The summed E-state index contributed by atoms with van der Waals surface area (Å²) in [6.07, 6.45) is 1.56. The Balaban J connectivity index is 2.05. The minimum atomic E-state index is -3.23. The van der Waals surface area contributed by atoms with E-state index in [0.717, 1.165) is 12.1 Å². The summed E-state index contributed by atoms with van der Waals surface area (Å²) >= 11 is 11.3. The molecule has 2 rings (SSSR count). The predicted octanol–water partition coefficient (Wildman–Crippen LogP) is 5.52. The largest absolute Gasteiger partial charge is 0.461 e. The molecule has 0 heterocycles. The minimum absolute atomic E-state index is 0.0479. The van der Waals surface area contributed by atoms with E-state index in [1.807, 2.05) is 13.8 Å². The molecule has 10 heteroatoms. The maximum absolute atomic E-state index is 12.5. The first kappa shape index (κ1) is 21.6. The normalized spacial score (nSPS) is 20.4. The topological polar surface area (TPSA) is 44.8 Å². The number of carbonyl (C=O) groups excluding carboxylic acids is 1. The van der Waals surface area contributed by atoms with Gasteiger partial charge in [0, 0.05) is 0 Å². The molecule has 0 saturated heterocycles. The van der Waals surface area contributed by atoms with Crippen LogP contribution >= 0.6 is 23.2 Å². The third kappa shape index (κ3) is 5.65.